The molecule has 16 heavy (non-hydrogen) atoms. The van der Waals surface area contributed by atoms with Crippen LogP contribution in [0.25, 0.3) is 0 Å². The van der Waals surface area contributed by atoms with Crippen LogP contribution in [0.2, 0.25) is 0 Å². The predicted octanol–water partition coefficient (Wildman–Crippen LogP) is 2.60. The minimum absolute atomic E-state index is 0.127. The lowest BCUT2D eigenvalue weighted by Gasteiger charge is -2.42. The van der Waals surface area contributed by atoms with Gasteiger partial charge in [-0.1, -0.05) is 12.5 Å². The van der Waals surface area contributed by atoms with Gasteiger partial charge in [0.05, 0.1) is 7.11 Å². The van der Waals surface area contributed by atoms with Crippen molar-refractivity contribution in [1.29, 1.82) is 0 Å². The lowest BCUT2D eigenvalue weighted by molar-refractivity contribution is 0.228. The first-order valence-corrected chi connectivity index (χ1v) is 5.76. The van der Waals surface area contributed by atoms with Gasteiger partial charge in [-0.2, -0.15) is 0 Å². The van der Waals surface area contributed by atoms with Gasteiger partial charge < -0.3 is 10.5 Å². The average Bonchev–Trinajstić information content (AvgIpc) is 2.23. The van der Waals surface area contributed by atoms with Crippen molar-refractivity contribution >= 4 is 0 Å². The first kappa shape index (κ1) is 11.4. The molecule has 0 spiro atoms. The van der Waals surface area contributed by atoms with Crippen molar-refractivity contribution in [2.75, 3.05) is 13.7 Å². The van der Waals surface area contributed by atoms with E-state index in [1.807, 2.05) is 6.07 Å². The Morgan fingerprint density at radius 1 is 1.44 bits per heavy atom. The Hall–Kier alpha value is -1.09. The Bertz CT molecular complexity index is 374. The lowest BCUT2D eigenvalue weighted by atomic mass is 9.62. The molecule has 2 nitrogen and oxygen atoms in total. The summed E-state index contributed by atoms with van der Waals surface area (Å²) < 4.78 is 18.5. The van der Waals surface area contributed by atoms with Crippen molar-refractivity contribution in [3.8, 4) is 5.75 Å². The molecule has 1 aliphatic rings. The number of hydrogen-bond acceptors (Lipinski definition) is 2. The van der Waals surface area contributed by atoms with Crippen LogP contribution >= 0.6 is 0 Å². The van der Waals surface area contributed by atoms with Crippen molar-refractivity contribution in [3.05, 3.63) is 29.6 Å². The zero-order chi connectivity index (χ0) is 11.6. The first-order chi connectivity index (χ1) is 7.72. The van der Waals surface area contributed by atoms with Gasteiger partial charge >= 0.3 is 0 Å². The van der Waals surface area contributed by atoms with Gasteiger partial charge in [0.15, 0.2) is 11.6 Å². The van der Waals surface area contributed by atoms with Crippen LogP contribution in [-0.2, 0) is 5.41 Å². The van der Waals surface area contributed by atoms with E-state index in [1.165, 1.54) is 13.5 Å². The second-order valence-corrected chi connectivity index (χ2v) is 4.52. The van der Waals surface area contributed by atoms with Crippen molar-refractivity contribution < 1.29 is 9.13 Å². The molecule has 0 saturated heterocycles. The van der Waals surface area contributed by atoms with Gasteiger partial charge in [0, 0.05) is 0 Å². The molecule has 1 aromatic carbocycles. The third-order valence-electron chi connectivity index (χ3n) is 3.70. The largest absolute Gasteiger partial charge is 0.494 e. The van der Waals surface area contributed by atoms with Crippen molar-refractivity contribution in [3.63, 3.8) is 0 Å². The molecule has 0 aromatic heterocycles. The van der Waals surface area contributed by atoms with Gasteiger partial charge in [-0.05, 0) is 48.9 Å². The quantitative estimate of drug-likeness (QED) is 0.851. The van der Waals surface area contributed by atoms with E-state index in [1.54, 1.807) is 12.1 Å². The molecule has 1 saturated carbocycles. The minimum atomic E-state index is -0.275. The van der Waals surface area contributed by atoms with E-state index < -0.39 is 0 Å². The molecule has 1 aromatic rings. The SMILES string of the molecule is COc1ccc(C2(CCN)CCC2)cc1F. The number of methoxy groups -OCH3 is 1. The Morgan fingerprint density at radius 2 is 2.19 bits per heavy atom. The predicted molar refractivity (Wildman–Crippen MR) is 62.2 cm³/mol. The zero-order valence-corrected chi connectivity index (χ0v) is 9.63. The molecule has 0 atom stereocenters. The fraction of sp³-hybridized carbons (Fsp3) is 0.538. The third kappa shape index (κ3) is 1.80. The maximum Gasteiger partial charge on any atom is 0.165 e. The van der Waals surface area contributed by atoms with Gasteiger partial charge in [-0.15, -0.1) is 0 Å². The van der Waals surface area contributed by atoms with Crippen molar-refractivity contribution in [2.45, 2.75) is 31.1 Å². The summed E-state index contributed by atoms with van der Waals surface area (Å²) in [6.45, 7) is 0.660. The molecule has 0 bridgehead atoms. The lowest BCUT2D eigenvalue weighted by Crippen LogP contribution is -2.36. The number of ether oxygens (including phenoxy) is 1. The normalized spacial score (nSPS) is 17.9. The minimum Gasteiger partial charge on any atom is -0.494 e. The highest BCUT2D eigenvalue weighted by Crippen LogP contribution is 2.46. The van der Waals surface area contributed by atoms with E-state index in [0.717, 1.165) is 24.8 Å². The summed E-state index contributed by atoms with van der Waals surface area (Å²) in [6, 6.07) is 5.28. The number of hydrogen-bond donors (Lipinski definition) is 1. The molecule has 1 aliphatic carbocycles. The fourth-order valence-corrected chi connectivity index (χ4v) is 2.56. The van der Waals surface area contributed by atoms with Crippen LogP contribution < -0.4 is 10.5 Å². The zero-order valence-electron chi connectivity index (χ0n) is 9.63. The monoisotopic (exact) mass is 223 g/mol. The summed E-state index contributed by atoms with van der Waals surface area (Å²) in [5.41, 5.74) is 6.84. The van der Waals surface area contributed by atoms with E-state index in [9.17, 15) is 4.39 Å². The van der Waals surface area contributed by atoms with Crippen molar-refractivity contribution in [1.82, 2.24) is 0 Å². The topological polar surface area (TPSA) is 35.2 Å². The maximum atomic E-state index is 13.6. The van der Waals surface area contributed by atoms with Gasteiger partial charge in [0.25, 0.3) is 0 Å². The molecular formula is C13H18FNO. The van der Waals surface area contributed by atoms with Crippen LogP contribution in [0.1, 0.15) is 31.2 Å². The molecule has 2 rings (SSSR count). The van der Waals surface area contributed by atoms with E-state index in [4.69, 9.17) is 10.5 Å². The smallest absolute Gasteiger partial charge is 0.165 e. The van der Waals surface area contributed by atoms with Crippen LogP contribution in [0.5, 0.6) is 5.75 Å². The molecule has 0 aliphatic heterocycles. The van der Waals surface area contributed by atoms with E-state index in [0.29, 0.717) is 12.3 Å². The van der Waals surface area contributed by atoms with E-state index in [2.05, 4.69) is 0 Å². The van der Waals surface area contributed by atoms with Gasteiger partial charge in [0.2, 0.25) is 0 Å². The molecule has 1 fully saturated rings. The first-order valence-electron chi connectivity index (χ1n) is 5.76. The molecular weight excluding hydrogens is 205 g/mol. The summed E-state index contributed by atoms with van der Waals surface area (Å²) in [5.74, 6) is 0.0364. The Labute approximate surface area is 95.6 Å². The maximum absolute atomic E-state index is 13.6. The van der Waals surface area contributed by atoms with Crippen molar-refractivity contribution in [2.24, 2.45) is 5.73 Å². The van der Waals surface area contributed by atoms with Crippen LogP contribution in [0.15, 0.2) is 18.2 Å². The van der Waals surface area contributed by atoms with Gasteiger partial charge in [0.1, 0.15) is 0 Å². The van der Waals surface area contributed by atoms with Crippen LogP contribution in [0, 0.1) is 5.82 Å². The molecule has 2 N–H and O–H groups in total. The summed E-state index contributed by atoms with van der Waals surface area (Å²) in [7, 11) is 1.48. The summed E-state index contributed by atoms with van der Waals surface area (Å²) in [6.07, 6.45) is 4.40. The van der Waals surface area contributed by atoms with Crippen LogP contribution in [-0.4, -0.2) is 13.7 Å². The standard InChI is InChI=1S/C13H18FNO/c1-16-12-4-3-10(9-11(12)14)13(7-8-15)5-2-6-13/h3-4,9H,2,5-8,15H2,1H3. The summed E-state index contributed by atoms with van der Waals surface area (Å²) in [4.78, 5) is 0. The van der Waals surface area contributed by atoms with E-state index >= 15 is 0 Å². The highest BCUT2D eigenvalue weighted by molar-refractivity contribution is 5.35. The second kappa shape index (κ2) is 4.42. The summed E-state index contributed by atoms with van der Waals surface area (Å²) in [5, 5.41) is 0. The van der Waals surface area contributed by atoms with Gasteiger partial charge in [-0.3, -0.25) is 0 Å². The third-order valence-corrected chi connectivity index (χ3v) is 3.70. The Kier molecular flexibility index (Phi) is 3.15. The Balaban J connectivity index is 2.29. The van der Waals surface area contributed by atoms with Gasteiger partial charge in [-0.25, -0.2) is 4.39 Å². The summed E-state index contributed by atoms with van der Waals surface area (Å²) >= 11 is 0. The molecule has 3 heteroatoms. The average molecular weight is 223 g/mol. The van der Waals surface area contributed by atoms with Crippen LogP contribution in [0.4, 0.5) is 4.39 Å². The number of rotatable bonds is 4. The second-order valence-electron chi connectivity index (χ2n) is 4.52. The number of benzene rings is 1. The Morgan fingerprint density at radius 3 is 2.62 bits per heavy atom. The number of halogens is 1. The molecule has 88 valence electrons. The van der Waals surface area contributed by atoms with E-state index in [-0.39, 0.29) is 11.2 Å². The number of nitrogens with two attached hydrogens (primary N) is 1. The molecule has 0 radical (unpaired) electrons. The highest BCUT2D eigenvalue weighted by atomic mass is 19.1. The molecule has 0 amide bonds. The molecule has 0 unspecified atom stereocenters. The van der Waals surface area contributed by atoms with Crippen LogP contribution in [0.3, 0.4) is 0 Å². The highest BCUT2D eigenvalue weighted by Gasteiger charge is 2.38. The fourth-order valence-electron chi connectivity index (χ4n) is 2.56. The molecule has 0 heterocycles.